The number of nitrogens with zero attached hydrogens (tertiary/aromatic N) is 3. The average molecular weight is 204 g/mol. The number of pyridine rings is 1. The zero-order valence-corrected chi connectivity index (χ0v) is 8.26. The fourth-order valence-electron chi connectivity index (χ4n) is 1.85. The topological polar surface area (TPSA) is 65.4 Å². The molecule has 2 aromatic heterocycles. The summed E-state index contributed by atoms with van der Waals surface area (Å²) in [5.74, 6) is 1.16. The molecule has 5 nitrogen and oxygen atoms in total. The quantitative estimate of drug-likeness (QED) is 0.746. The van der Waals surface area contributed by atoms with Crippen molar-refractivity contribution in [3.8, 4) is 0 Å². The number of ether oxygens (including phenoxy) is 1. The number of rotatable bonds is 1. The van der Waals surface area contributed by atoms with Crippen molar-refractivity contribution in [2.45, 2.75) is 12.3 Å². The summed E-state index contributed by atoms with van der Waals surface area (Å²) in [7, 11) is 0. The smallest absolute Gasteiger partial charge is 0.178 e. The molecule has 0 radical (unpaired) electrons. The van der Waals surface area contributed by atoms with Gasteiger partial charge in [0, 0.05) is 18.7 Å². The number of nitrogens with two attached hydrogens (primary N) is 1. The second-order valence-electron chi connectivity index (χ2n) is 3.76. The van der Waals surface area contributed by atoms with Crippen molar-refractivity contribution in [2.75, 3.05) is 18.9 Å². The summed E-state index contributed by atoms with van der Waals surface area (Å²) in [6.45, 7) is 1.52. The van der Waals surface area contributed by atoms with Crippen LogP contribution in [0, 0.1) is 0 Å². The first-order chi connectivity index (χ1) is 7.34. The lowest BCUT2D eigenvalue weighted by molar-refractivity contribution is 0.193. The second kappa shape index (κ2) is 3.20. The van der Waals surface area contributed by atoms with Gasteiger partial charge in [0.25, 0.3) is 0 Å². The highest BCUT2D eigenvalue weighted by atomic mass is 16.5. The van der Waals surface area contributed by atoms with Crippen LogP contribution in [0.4, 0.5) is 5.69 Å². The Morgan fingerprint density at radius 1 is 1.53 bits per heavy atom. The minimum atomic E-state index is 0.323. The van der Waals surface area contributed by atoms with Crippen molar-refractivity contribution in [1.82, 2.24) is 14.6 Å². The normalized spacial score (nSPS) is 21.2. The zero-order chi connectivity index (χ0) is 10.3. The third-order valence-corrected chi connectivity index (χ3v) is 2.70. The summed E-state index contributed by atoms with van der Waals surface area (Å²) in [5, 5.41) is 4.40. The highest BCUT2D eigenvalue weighted by molar-refractivity contribution is 5.63. The van der Waals surface area contributed by atoms with E-state index in [2.05, 4.69) is 10.1 Å². The van der Waals surface area contributed by atoms with E-state index in [1.54, 1.807) is 4.52 Å². The molecule has 0 aromatic carbocycles. The van der Waals surface area contributed by atoms with Crippen LogP contribution in [0.5, 0.6) is 0 Å². The first-order valence-electron chi connectivity index (χ1n) is 5.03. The van der Waals surface area contributed by atoms with Gasteiger partial charge in [-0.2, -0.15) is 5.10 Å². The van der Waals surface area contributed by atoms with E-state index in [9.17, 15) is 0 Å². The van der Waals surface area contributed by atoms with Gasteiger partial charge in [-0.3, -0.25) is 0 Å². The van der Waals surface area contributed by atoms with Crippen LogP contribution in [0.1, 0.15) is 18.2 Å². The molecule has 0 spiro atoms. The Morgan fingerprint density at radius 2 is 2.47 bits per heavy atom. The standard InChI is InChI=1S/C10H12N4O/c11-8-2-1-4-14-10(8)12-9(13-14)7-3-5-15-6-7/h1-2,4,7H,3,5-6,11H2. The van der Waals surface area contributed by atoms with Gasteiger partial charge in [-0.1, -0.05) is 0 Å². The molecule has 0 saturated carbocycles. The summed E-state index contributed by atoms with van der Waals surface area (Å²) in [6, 6.07) is 3.70. The summed E-state index contributed by atoms with van der Waals surface area (Å²) in [6.07, 6.45) is 2.86. The van der Waals surface area contributed by atoms with Crippen LogP contribution < -0.4 is 5.73 Å². The van der Waals surface area contributed by atoms with Crippen molar-refractivity contribution < 1.29 is 4.74 Å². The molecule has 2 aromatic rings. The van der Waals surface area contributed by atoms with Crippen LogP contribution >= 0.6 is 0 Å². The molecule has 1 aliphatic heterocycles. The molecule has 2 N–H and O–H groups in total. The number of hydrogen-bond acceptors (Lipinski definition) is 4. The number of hydrogen-bond donors (Lipinski definition) is 1. The lowest BCUT2D eigenvalue weighted by Gasteiger charge is -1.98. The Hall–Kier alpha value is -1.62. The Bertz CT molecular complexity index is 487. The Morgan fingerprint density at radius 3 is 3.20 bits per heavy atom. The van der Waals surface area contributed by atoms with E-state index >= 15 is 0 Å². The van der Waals surface area contributed by atoms with Crippen LogP contribution in [0.25, 0.3) is 5.65 Å². The SMILES string of the molecule is Nc1cccn2nc(C3CCOC3)nc12. The van der Waals surface area contributed by atoms with Crippen LogP contribution in [-0.2, 0) is 4.74 Å². The van der Waals surface area contributed by atoms with Crippen LogP contribution in [0.3, 0.4) is 0 Å². The number of aromatic nitrogens is 3. The van der Waals surface area contributed by atoms with Crippen LogP contribution in [0.15, 0.2) is 18.3 Å². The number of fused-ring (bicyclic) bond motifs is 1. The van der Waals surface area contributed by atoms with E-state index in [0.717, 1.165) is 31.1 Å². The number of anilines is 1. The zero-order valence-electron chi connectivity index (χ0n) is 8.26. The van der Waals surface area contributed by atoms with Crippen molar-refractivity contribution in [3.63, 3.8) is 0 Å². The van der Waals surface area contributed by atoms with Crippen molar-refractivity contribution in [3.05, 3.63) is 24.2 Å². The minimum Gasteiger partial charge on any atom is -0.396 e. The van der Waals surface area contributed by atoms with E-state index < -0.39 is 0 Å². The van der Waals surface area contributed by atoms with Gasteiger partial charge in [0.15, 0.2) is 11.5 Å². The lowest BCUT2D eigenvalue weighted by atomic mass is 10.1. The maximum Gasteiger partial charge on any atom is 0.178 e. The maximum atomic E-state index is 5.81. The van der Waals surface area contributed by atoms with Gasteiger partial charge in [0.1, 0.15) is 0 Å². The van der Waals surface area contributed by atoms with Gasteiger partial charge in [-0.05, 0) is 18.6 Å². The van der Waals surface area contributed by atoms with Crippen molar-refractivity contribution >= 4 is 11.3 Å². The molecule has 0 bridgehead atoms. The molecular weight excluding hydrogens is 192 g/mol. The maximum absolute atomic E-state index is 5.81. The molecule has 1 unspecified atom stereocenters. The predicted molar refractivity (Wildman–Crippen MR) is 55.6 cm³/mol. The van der Waals surface area contributed by atoms with Gasteiger partial charge < -0.3 is 10.5 Å². The van der Waals surface area contributed by atoms with E-state index in [1.807, 2.05) is 18.3 Å². The third-order valence-electron chi connectivity index (χ3n) is 2.70. The second-order valence-corrected chi connectivity index (χ2v) is 3.76. The van der Waals surface area contributed by atoms with Gasteiger partial charge in [-0.15, -0.1) is 0 Å². The fraction of sp³-hybridized carbons (Fsp3) is 0.400. The Kier molecular flexibility index (Phi) is 1.85. The molecule has 1 atom stereocenters. The monoisotopic (exact) mass is 204 g/mol. The molecule has 1 aliphatic rings. The fourth-order valence-corrected chi connectivity index (χ4v) is 1.85. The molecule has 15 heavy (non-hydrogen) atoms. The average Bonchev–Trinajstić information content (AvgIpc) is 2.86. The lowest BCUT2D eigenvalue weighted by Crippen LogP contribution is -2.00. The molecule has 3 heterocycles. The largest absolute Gasteiger partial charge is 0.396 e. The molecular formula is C10H12N4O. The van der Waals surface area contributed by atoms with Crippen LogP contribution in [0.2, 0.25) is 0 Å². The molecule has 5 heteroatoms. The Labute approximate surface area is 86.9 Å². The first kappa shape index (κ1) is 8.67. The van der Waals surface area contributed by atoms with E-state index in [1.165, 1.54) is 0 Å². The highest BCUT2D eigenvalue weighted by Crippen LogP contribution is 2.23. The molecule has 0 amide bonds. The molecule has 78 valence electrons. The molecule has 3 rings (SSSR count). The highest BCUT2D eigenvalue weighted by Gasteiger charge is 2.22. The van der Waals surface area contributed by atoms with E-state index in [-0.39, 0.29) is 0 Å². The summed E-state index contributed by atoms with van der Waals surface area (Å²) >= 11 is 0. The molecule has 1 fully saturated rings. The third kappa shape index (κ3) is 1.35. The van der Waals surface area contributed by atoms with Gasteiger partial charge in [-0.25, -0.2) is 9.50 Å². The van der Waals surface area contributed by atoms with Gasteiger partial charge in [0.05, 0.1) is 12.3 Å². The summed E-state index contributed by atoms with van der Waals surface area (Å²) in [4.78, 5) is 4.44. The van der Waals surface area contributed by atoms with E-state index in [4.69, 9.17) is 10.5 Å². The van der Waals surface area contributed by atoms with Crippen molar-refractivity contribution in [2.24, 2.45) is 0 Å². The summed E-state index contributed by atoms with van der Waals surface area (Å²) in [5.41, 5.74) is 7.21. The first-order valence-corrected chi connectivity index (χ1v) is 5.03. The van der Waals surface area contributed by atoms with Crippen LogP contribution in [-0.4, -0.2) is 27.8 Å². The number of nitrogen functional groups attached to an aromatic ring is 1. The van der Waals surface area contributed by atoms with E-state index in [0.29, 0.717) is 11.6 Å². The predicted octanol–water partition coefficient (Wildman–Crippen LogP) is 0.815. The van der Waals surface area contributed by atoms with Gasteiger partial charge >= 0.3 is 0 Å². The molecule has 0 aliphatic carbocycles. The summed E-state index contributed by atoms with van der Waals surface area (Å²) < 4.78 is 7.04. The van der Waals surface area contributed by atoms with Gasteiger partial charge in [0.2, 0.25) is 0 Å². The Balaban J connectivity index is 2.09. The van der Waals surface area contributed by atoms with Crippen molar-refractivity contribution in [1.29, 1.82) is 0 Å². The molecule has 1 saturated heterocycles. The minimum absolute atomic E-state index is 0.323.